The van der Waals surface area contributed by atoms with Gasteiger partial charge in [0.05, 0.1) is 4.88 Å². The molecule has 0 saturated heterocycles. The number of carboxylic acid groups (broad SMARTS) is 1. The maximum absolute atomic E-state index is 11.8. The van der Waals surface area contributed by atoms with Crippen LogP contribution in [-0.2, 0) is 4.79 Å². The Morgan fingerprint density at radius 2 is 2.22 bits per heavy atom. The average Bonchev–Trinajstić information content (AvgIpc) is 2.72. The van der Waals surface area contributed by atoms with Gasteiger partial charge in [0, 0.05) is 17.5 Å². The minimum atomic E-state index is -0.987. The van der Waals surface area contributed by atoms with Crippen molar-refractivity contribution in [2.75, 3.05) is 6.54 Å². The van der Waals surface area contributed by atoms with Crippen LogP contribution < -0.4 is 5.32 Å². The van der Waals surface area contributed by atoms with Gasteiger partial charge in [0.25, 0.3) is 5.91 Å². The highest BCUT2D eigenvalue weighted by molar-refractivity contribution is 7.14. The number of carboxylic acids is 1. The molecule has 2 rings (SSSR count). The van der Waals surface area contributed by atoms with Gasteiger partial charge in [0.2, 0.25) is 0 Å². The van der Waals surface area contributed by atoms with Gasteiger partial charge in [0.15, 0.2) is 0 Å². The molecule has 1 aliphatic rings. The number of carbonyl (C=O) groups is 2. The van der Waals surface area contributed by atoms with Crippen molar-refractivity contribution in [1.82, 2.24) is 5.32 Å². The van der Waals surface area contributed by atoms with Gasteiger partial charge < -0.3 is 10.4 Å². The summed E-state index contributed by atoms with van der Waals surface area (Å²) in [6.45, 7) is 0.747. The number of amides is 1. The van der Waals surface area contributed by atoms with Crippen LogP contribution in [0.15, 0.2) is 18.2 Å². The monoisotopic (exact) mass is 265 g/mol. The molecular weight excluding hydrogens is 250 g/mol. The first-order valence-electron chi connectivity index (χ1n) is 5.94. The van der Waals surface area contributed by atoms with E-state index < -0.39 is 5.97 Å². The summed E-state index contributed by atoms with van der Waals surface area (Å²) in [5.41, 5.74) is 0. The number of hydrogen-bond acceptors (Lipinski definition) is 3. The lowest BCUT2D eigenvalue weighted by Gasteiger charge is -2.25. The Kier molecular flexibility index (Phi) is 4.15. The zero-order valence-electron chi connectivity index (χ0n) is 9.89. The third-order valence-electron chi connectivity index (χ3n) is 3.02. The number of hydrogen-bond donors (Lipinski definition) is 2. The normalized spacial score (nSPS) is 15.6. The first kappa shape index (κ1) is 12.8. The van der Waals surface area contributed by atoms with Gasteiger partial charge in [-0.15, -0.1) is 11.3 Å². The van der Waals surface area contributed by atoms with Gasteiger partial charge in [-0.05, 0) is 37.0 Å². The Morgan fingerprint density at radius 3 is 2.83 bits per heavy atom. The second kappa shape index (κ2) is 5.82. The number of nitrogens with one attached hydrogen (secondary N) is 1. The quantitative estimate of drug-likeness (QED) is 0.803. The zero-order valence-corrected chi connectivity index (χ0v) is 10.7. The average molecular weight is 265 g/mol. The van der Waals surface area contributed by atoms with Crippen LogP contribution in [0.1, 0.15) is 33.8 Å². The van der Waals surface area contributed by atoms with Gasteiger partial charge in [-0.2, -0.15) is 0 Å². The highest BCUT2D eigenvalue weighted by atomic mass is 32.1. The van der Waals surface area contributed by atoms with Gasteiger partial charge in [-0.1, -0.05) is 6.42 Å². The fourth-order valence-corrected chi connectivity index (χ4v) is 2.57. The van der Waals surface area contributed by atoms with E-state index in [4.69, 9.17) is 5.11 Å². The first-order valence-corrected chi connectivity index (χ1v) is 6.76. The molecule has 0 aliphatic heterocycles. The number of rotatable bonds is 5. The van der Waals surface area contributed by atoms with Crippen molar-refractivity contribution >= 4 is 29.3 Å². The van der Waals surface area contributed by atoms with E-state index in [0.717, 1.165) is 17.5 Å². The zero-order chi connectivity index (χ0) is 13.0. The molecule has 1 heterocycles. The van der Waals surface area contributed by atoms with Gasteiger partial charge in [-0.3, -0.25) is 4.79 Å². The molecule has 0 atom stereocenters. The molecule has 1 aromatic rings. The van der Waals surface area contributed by atoms with Crippen molar-refractivity contribution in [3.63, 3.8) is 0 Å². The van der Waals surface area contributed by atoms with E-state index in [1.165, 1.54) is 36.7 Å². The molecule has 2 N–H and O–H groups in total. The van der Waals surface area contributed by atoms with E-state index in [2.05, 4.69) is 5.32 Å². The van der Waals surface area contributed by atoms with Crippen LogP contribution in [0, 0.1) is 5.92 Å². The van der Waals surface area contributed by atoms with E-state index in [-0.39, 0.29) is 5.91 Å². The minimum absolute atomic E-state index is 0.0677. The van der Waals surface area contributed by atoms with Crippen molar-refractivity contribution < 1.29 is 14.7 Å². The number of aliphatic carboxylic acids is 1. The summed E-state index contributed by atoms with van der Waals surface area (Å²) in [6, 6.07) is 3.48. The van der Waals surface area contributed by atoms with Crippen LogP contribution in [0.2, 0.25) is 0 Å². The summed E-state index contributed by atoms with van der Waals surface area (Å²) in [7, 11) is 0. The molecule has 1 saturated carbocycles. The predicted molar refractivity (Wildman–Crippen MR) is 70.7 cm³/mol. The molecule has 4 nitrogen and oxygen atoms in total. The summed E-state index contributed by atoms with van der Waals surface area (Å²) in [6.07, 6.45) is 6.25. The van der Waals surface area contributed by atoms with E-state index in [1.807, 2.05) is 0 Å². The molecule has 0 unspecified atom stereocenters. The van der Waals surface area contributed by atoms with Crippen LogP contribution in [-0.4, -0.2) is 23.5 Å². The number of thiophene rings is 1. The van der Waals surface area contributed by atoms with Crippen LogP contribution in [0.25, 0.3) is 6.08 Å². The second-order valence-corrected chi connectivity index (χ2v) is 5.50. The summed E-state index contributed by atoms with van der Waals surface area (Å²) >= 11 is 1.30. The Bertz CT molecular complexity index is 474. The lowest BCUT2D eigenvalue weighted by molar-refractivity contribution is -0.131. The van der Waals surface area contributed by atoms with Crippen molar-refractivity contribution in [1.29, 1.82) is 0 Å². The van der Waals surface area contributed by atoms with Crippen LogP contribution in [0.4, 0.5) is 0 Å². The molecular formula is C13H15NO3S. The largest absolute Gasteiger partial charge is 0.478 e. The van der Waals surface area contributed by atoms with E-state index >= 15 is 0 Å². The van der Waals surface area contributed by atoms with E-state index in [0.29, 0.717) is 10.8 Å². The maximum Gasteiger partial charge on any atom is 0.328 e. The fraction of sp³-hybridized carbons (Fsp3) is 0.385. The molecule has 0 radical (unpaired) electrons. The Morgan fingerprint density at radius 1 is 1.44 bits per heavy atom. The van der Waals surface area contributed by atoms with Crippen molar-refractivity contribution in [2.45, 2.75) is 19.3 Å². The topological polar surface area (TPSA) is 66.4 Å². The molecule has 18 heavy (non-hydrogen) atoms. The second-order valence-electron chi connectivity index (χ2n) is 4.38. The van der Waals surface area contributed by atoms with Crippen LogP contribution in [0.5, 0.6) is 0 Å². The Hall–Kier alpha value is -1.62. The third kappa shape index (κ3) is 3.43. The standard InChI is InChI=1S/C13H15NO3S/c15-12(16)7-5-10-4-6-11(18-10)13(17)14-8-9-2-1-3-9/h4-7,9H,1-3,8H2,(H,14,17)(H,15,16). The third-order valence-corrected chi connectivity index (χ3v) is 4.07. The van der Waals surface area contributed by atoms with Crippen LogP contribution >= 0.6 is 11.3 Å². The molecule has 96 valence electrons. The fourth-order valence-electron chi connectivity index (χ4n) is 1.74. The molecule has 0 aromatic carbocycles. The first-order chi connectivity index (χ1) is 8.65. The summed E-state index contributed by atoms with van der Waals surface area (Å²) in [4.78, 5) is 23.6. The molecule has 1 fully saturated rings. The van der Waals surface area contributed by atoms with Crippen molar-refractivity contribution in [2.24, 2.45) is 5.92 Å². The molecule has 1 amide bonds. The smallest absolute Gasteiger partial charge is 0.328 e. The lowest BCUT2D eigenvalue weighted by Crippen LogP contribution is -2.31. The Balaban J connectivity index is 1.87. The van der Waals surface area contributed by atoms with Crippen molar-refractivity contribution in [3.05, 3.63) is 28.0 Å². The molecule has 0 spiro atoms. The summed E-state index contributed by atoms with van der Waals surface area (Å²) in [5, 5.41) is 11.4. The highest BCUT2D eigenvalue weighted by Gasteiger charge is 2.18. The van der Waals surface area contributed by atoms with Crippen LogP contribution in [0.3, 0.4) is 0 Å². The lowest BCUT2D eigenvalue weighted by atomic mass is 9.85. The Labute approximate surface area is 109 Å². The SMILES string of the molecule is O=C(O)C=Cc1ccc(C(=O)NCC2CCC2)s1. The van der Waals surface area contributed by atoms with Gasteiger partial charge in [-0.25, -0.2) is 4.79 Å². The summed E-state index contributed by atoms with van der Waals surface area (Å²) in [5.74, 6) is -0.415. The summed E-state index contributed by atoms with van der Waals surface area (Å²) < 4.78 is 0. The molecule has 5 heteroatoms. The van der Waals surface area contributed by atoms with E-state index in [1.54, 1.807) is 12.1 Å². The highest BCUT2D eigenvalue weighted by Crippen LogP contribution is 2.25. The van der Waals surface area contributed by atoms with Gasteiger partial charge >= 0.3 is 5.97 Å². The van der Waals surface area contributed by atoms with Gasteiger partial charge in [0.1, 0.15) is 0 Å². The van der Waals surface area contributed by atoms with Crippen molar-refractivity contribution in [3.8, 4) is 0 Å². The molecule has 0 bridgehead atoms. The molecule has 1 aromatic heterocycles. The maximum atomic E-state index is 11.8. The molecule has 1 aliphatic carbocycles. The predicted octanol–water partition coefficient (Wildman–Crippen LogP) is 2.38. The minimum Gasteiger partial charge on any atom is -0.478 e. The van der Waals surface area contributed by atoms with E-state index in [9.17, 15) is 9.59 Å². The number of carbonyl (C=O) groups excluding carboxylic acids is 1.